The lowest BCUT2D eigenvalue weighted by atomic mass is 9.96. The summed E-state index contributed by atoms with van der Waals surface area (Å²) in [6, 6.07) is 0. The number of esters is 1. The van der Waals surface area contributed by atoms with Crippen LogP contribution in [-0.4, -0.2) is 33.0 Å². The quantitative estimate of drug-likeness (QED) is 0.484. The molecule has 0 radical (unpaired) electrons. The van der Waals surface area contributed by atoms with Crippen LogP contribution in [0.15, 0.2) is 9.79 Å². The fraction of sp³-hybridized carbons (Fsp3) is 0.429. The lowest BCUT2D eigenvalue weighted by Gasteiger charge is -2.36. The van der Waals surface area contributed by atoms with Gasteiger partial charge in [0.1, 0.15) is 6.42 Å². The Hall–Kier alpha value is -1.14. The van der Waals surface area contributed by atoms with Crippen molar-refractivity contribution in [1.29, 1.82) is 0 Å². The number of hydrogen-bond acceptors (Lipinski definition) is 6. The maximum Gasteiger partial charge on any atom is 0.313 e. The predicted molar refractivity (Wildman–Crippen MR) is 80.9 cm³/mol. The number of anilines is 1. The largest absolute Gasteiger partial charge is 0.469 e. The monoisotopic (exact) mass is 309 g/mol. The second-order valence-electron chi connectivity index (χ2n) is 4.99. The third kappa shape index (κ3) is 1.93. The van der Waals surface area contributed by atoms with E-state index in [1.54, 1.807) is 23.5 Å². The van der Waals surface area contributed by atoms with Crippen LogP contribution in [0.25, 0.3) is 0 Å². The first-order valence-electron chi connectivity index (χ1n) is 6.29. The standard InChI is InChI=1S/C14H15NO3S2/c1-15(2)12-8-6-19-13(8)11(7-5-20-14(7)12)9(16)4-10(17)18-3/h4-6H2,1-3H3. The average molecular weight is 309 g/mol. The van der Waals surface area contributed by atoms with Gasteiger partial charge in [-0.15, -0.1) is 23.5 Å². The van der Waals surface area contributed by atoms with E-state index in [0.29, 0.717) is 0 Å². The van der Waals surface area contributed by atoms with Crippen LogP contribution in [-0.2, 0) is 21.0 Å². The highest BCUT2D eigenvalue weighted by Crippen LogP contribution is 2.56. The van der Waals surface area contributed by atoms with Gasteiger partial charge in [0, 0.05) is 46.5 Å². The average Bonchev–Trinajstić information content (AvgIpc) is 2.32. The summed E-state index contributed by atoms with van der Waals surface area (Å²) in [6.45, 7) is 0. The Bertz CT molecular complexity index is 592. The number of hydrogen-bond donors (Lipinski definition) is 0. The number of carbonyl (C=O) groups is 2. The van der Waals surface area contributed by atoms with Gasteiger partial charge in [-0.05, 0) is 5.56 Å². The number of Topliss-reactive ketones (excluding diaryl/α,β-unsaturated/α-hetero) is 1. The minimum atomic E-state index is -0.467. The Morgan fingerprint density at radius 3 is 2.25 bits per heavy atom. The van der Waals surface area contributed by atoms with Crippen molar-refractivity contribution in [3.05, 3.63) is 16.7 Å². The van der Waals surface area contributed by atoms with E-state index in [1.165, 1.54) is 23.3 Å². The first kappa shape index (κ1) is 13.8. The molecule has 0 saturated carbocycles. The molecule has 0 bridgehead atoms. The van der Waals surface area contributed by atoms with Crippen molar-refractivity contribution < 1.29 is 14.3 Å². The zero-order valence-corrected chi connectivity index (χ0v) is 13.2. The van der Waals surface area contributed by atoms with Gasteiger partial charge in [-0.25, -0.2) is 0 Å². The summed E-state index contributed by atoms with van der Waals surface area (Å²) in [5.74, 6) is 1.22. The SMILES string of the molecule is COC(=O)CC(=O)c1c2c(c(N(C)C)c3c1SC3)SC2. The molecule has 0 fully saturated rings. The third-order valence-electron chi connectivity index (χ3n) is 3.56. The highest BCUT2D eigenvalue weighted by Gasteiger charge is 2.36. The molecule has 0 N–H and O–H groups in total. The molecule has 0 unspecified atom stereocenters. The van der Waals surface area contributed by atoms with E-state index in [1.807, 2.05) is 14.1 Å². The Morgan fingerprint density at radius 2 is 1.80 bits per heavy atom. The molecule has 0 aromatic heterocycles. The Balaban J connectivity index is 2.06. The summed E-state index contributed by atoms with van der Waals surface area (Å²) in [4.78, 5) is 28.1. The topological polar surface area (TPSA) is 46.6 Å². The minimum absolute atomic E-state index is 0.109. The first-order chi connectivity index (χ1) is 9.54. The van der Waals surface area contributed by atoms with Crippen LogP contribution in [0.3, 0.4) is 0 Å². The van der Waals surface area contributed by atoms with Crippen molar-refractivity contribution in [2.75, 3.05) is 26.1 Å². The van der Waals surface area contributed by atoms with Crippen LogP contribution >= 0.6 is 23.5 Å². The Morgan fingerprint density at radius 1 is 1.15 bits per heavy atom. The number of rotatable bonds is 4. The number of ketones is 1. The molecule has 2 aliphatic rings. The third-order valence-corrected chi connectivity index (χ3v) is 5.89. The van der Waals surface area contributed by atoms with E-state index in [4.69, 9.17) is 0 Å². The summed E-state index contributed by atoms with van der Waals surface area (Å²) in [5.41, 5.74) is 4.37. The lowest BCUT2D eigenvalue weighted by Crippen LogP contribution is -2.24. The Kier molecular flexibility index (Phi) is 3.46. The van der Waals surface area contributed by atoms with Crippen LogP contribution in [0.2, 0.25) is 0 Å². The smallest absolute Gasteiger partial charge is 0.313 e. The number of fused-ring (bicyclic) bond motifs is 2. The summed E-state index contributed by atoms with van der Waals surface area (Å²) >= 11 is 3.48. The lowest BCUT2D eigenvalue weighted by molar-refractivity contribution is -0.139. The van der Waals surface area contributed by atoms with Gasteiger partial charge in [0.25, 0.3) is 0 Å². The predicted octanol–water partition coefficient (Wildman–Crippen LogP) is 2.71. The Labute approximate surface area is 126 Å². The molecule has 2 heterocycles. The number of methoxy groups -OCH3 is 1. The first-order valence-corrected chi connectivity index (χ1v) is 8.26. The fourth-order valence-electron chi connectivity index (χ4n) is 2.56. The van der Waals surface area contributed by atoms with Crippen LogP contribution in [0.4, 0.5) is 5.69 Å². The zero-order valence-electron chi connectivity index (χ0n) is 11.6. The van der Waals surface area contributed by atoms with E-state index in [2.05, 4.69) is 9.64 Å². The molecule has 0 aliphatic carbocycles. The van der Waals surface area contributed by atoms with E-state index in [-0.39, 0.29) is 12.2 Å². The van der Waals surface area contributed by atoms with Crippen molar-refractivity contribution in [3.63, 3.8) is 0 Å². The van der Waals surface area contributed by atoms with Gasteiger partial charge >= 0.3 is 5.97 Å². The summed E-state index contributed by atoms with van der Waals surface area (Å²) in [7, 11) is 5.38. The molecule has 4 nitrogen and oxygen atoms in total. The molecule has 2 aliphatic heterocycles. The number of nitrogens with zero attached hydrogens (tertiary/aromatic N) is 1. The molecule has 20 heavy (non-hydrogen) atoms. The van der Waals surface area contributed by atoms with Crippen LogP contribution in [0, 0.1) is 0 Å². The molecule has 1 aromatic rings. The molecule has 6 heteroatoms. The van der Waals surface area contributed by atoms with Gasteiger partial charge < -0.3 is 9.64 Å². The van der Waals surface area contributed by atoms with Crippen molar-refractivity contribution in [2.45, 2.75) is 27.7 Å². The van der Waals surface area contributed by atoms with Gasteiger partial charge in [0.15, 0.2) is 5.78 Å². The molecule has 1 aromatic carbocycles. The number of thioether (sulfide) groups is 2. The van der Waals surface area contributed by atoms with Gasteiger partial charge in [0.05, 0.1) is 12.8 Å². The number of benzene rings is 1. The molecular formula is C14H15NO3S2. The maximum absolute atomic E-state index is 12.4. The number of carbonyl (C=O) groups excluding carboxylic acids is 2. The normalized spacial score (nSPS) is 14.6. The van der Waals surface area contributed by atoms with Gasteiger partial charge in [-0.3, -0.25) is 9.59 Å². The highest BCUT2D eigenvalue weighted by molar-refractivity contribution is 8.00. The van der Waals surface area contributed by atoms with Crippen LogP contribution < -0.4 is 4.90 Å². The van der Waals surface area contributed by atoms with Gasteiger partial charge in [-0.2, -0.15) is 0 Å². The molecule has 0 spiro atoms. The van der Waals surface area contributed by atoms with Crippen molar-refractivity contribution in [2.24, 2.45) is 0 Å². The molecule has 0 atom stereocenters. The summed E-state index contributed by atoms with van der Waals surface area (Å²) in [6.07, 6.45) is -0.165. The van der Waals surface area contributed by atoms with Crippen LogP contribution in [0.1, 0.15) is 27.9 Å². The molecule has 0 amide bonds. The van der Waals surface area contributed by atoms with E-state index >= 15 is 0 Å². The minimum Gasteiger partial charge on any atom is -0.469 e. The highest BCUT2D eigenvalue weighted by atomic mass is 32.2. The second kappa shape index (κ2) is 5.00. The molecule has 0 saturated heterocycles. The second-order valence-corrected chi connectivity index (χ2v) is 6.96. The van der Waals surface area contributed by atoms with E-state index in [0.717, 1.165) is 27.5 Å². The van der Waals surface area contributed by atoms with Gasteiger partial charge in [-0.1, -0.05) is 0 Å². The van der Waals surface area contributed by atoms with Crippen LogP contribution in [0.5, 0.6) is 0 Å². The molecule has 3 rings (SSSR count). The van der Waals surface area contributed by atoms with Gasteiger partial charge in [0.2, 0.25) is 0 Å². The molecular weight excluding hydrogens is 294 g/mol. The zero-order chi connectivity index (χ0) is 14.4. The molecule has 106 valence electrons. The van der Waals surface area contributed by atoms with Crippen molar-refractivity contribution in [3.8, 4) is 0 Å². The summed E-state index contributed by atoms with van der Waals surface area (Å²) < 4.78 is 4.60. The van der Waals surface area contributed by atoms with E-state index in [9.17, 15) is 9.59 Å². The maximum atomic E-state index is 12.4. The number of ether oxygens (including phenoxy) is 1. The van der Waals surface area contributed by atoms with Crippen molar-refractivity contribution in [1.82, 2.24) is 0 Å². The fourth-order valence-corrected chi connectivity index (χ4v) is 4.73. The summed E-state index contributed by atoms with van der Waals surface area (Å²) in [5, 5.41) is 0. The van der Waals surface area contributed by atoms with E-state index < -0.39 is 5.97 Å². The van der Waals surface area contributed by atoms with Crippen molar-refractivity contribution >= 4 is 41.0 Å².